The second kappa shape index (κ2) is 5.18. The highest BCUT2D eigenvalue weighted by Crippen LogP contribution is 2.20. The van der Waals surface area contributed by atoms with E-state index in [4.69, 9.17) is 0 Å². The summed E-state index contributed by atoms with van der Waals surface area (Å²) in [6, 6.07) is 0. The minimum absolute atomic E-state index is 1.17. The summed E-state index contributed by atoms with van der Waals surface area (Å²) >= 11 is 0. The lowest BCUT2D eigenvalue weighted by atomic mass is 9.97. The molecule has 0 aromatic carbocycles. The Labute approximate surface area is 77.4 Å². The molecule has 0 saturated heterocycles. The topological polar surface area (TPSA) is 0 Å². The zero-order valence-corrected chi connectivity index (χ0v) is 9.41. The van der Waals surface area contributed by atoms with E-state index >= 15 is 0 Å². The van der Waals surface area contributed by atoms with E-state index in [2.05, 4.69) is 41.5 Å². The standard InChI is InChI=1S/C12H22/c1-7-9(3)11(5)12(6)10(4)8-2/h7-8H2,1-6H3/b11-9-,12-10-. The molecular formula is C12H22. The van der Waals surface area contributed by atoms with Gasteiger partial charge in [0, 0.05) is 0 Å². The molecule has 0 spiro atoms. The Kier molecular flexibility index (Phi) is 4.96. The SMILES string of the molecule is CC/C(C)=C(C)\C(C)=C(\C)CC. The van der Waals surface area contributed by atoms with Crippen molar-refractivity contribution in [3.05, 3.63) is 22.3 Å². The smallest absolute Gasteiger partial charge is 0.0346 e. The van der Waals surface area contributed by atoms with Crippen LogP contribution in [0.4, 0.5) is 0 Å². The molecule has 0 radical (unpaired) electrons. The molecule has 0 fully saturated rings. The van der Waals surface area contributed by atoms with Crippen LogP contribution in [0.1, 0.15) is 54.4 Å². The largest absolute Gasteiger partial charge is 0.0704 e. The van der Waals surface area contributed by atoms with Crippen molar-refractivity contribution >= 4 is 0 Å². The highest BCUT2D eigenvalue weighted by molar-refractivity contribution is 5.34. The van der Waals surface area contributed by atoms with Crippen LogP contribution >= 0.6 is 0 Å². The fraction of sp³-hybridized carbons (Fsp3) is 0.667. The van der Waals surface area contributed by atoms with E-state index in [1.54, 1.807) is 0 Å². The Morgan fingerprint density at radius 2 is 0.917 bits per heavy atom. The highest BCUT2D eigenvalue weighted by atomic mass is 14.1. The molecule has 0 aromatic rings. The maximum atomic E-state index is 2.23. The Morgan fingerprint density at radius 3 is 1.08 bits per heavy atom. The number of allylic oxidation sites excluding steroid dienone is 4. The molecule has 0 aliphatic carbocycles. The predicted molar refractivity (Wildman–Crippen MR) is 57.3 cm³/mol. The lowest BCUT2D eigenvalue weighted by Crippen LogP contribution is -1.89. The van der Waals surface area contributed by atoms with E-state index in [1.165, 1.54) is 35.1 Å². The van der Waals surface area contributed by atoms with Crippen LogP contribution in [0.3, 0.4) is 0 Å². The molecule has 12 heavy (non-hydrogen) atoms. The molecule has 0 bridgehead atoms. The number of rotatable bonds is 3. The van der Waals surface area contributed by atoms with Crippen LogP contribution in [0.2, 0.25) is 0 Å². The van der Waals surface area contributed by atoms with Crippen LogP contribution in [0.15, 0.2) is 22.3 Å². The van der Waals surface area contributed by atoms with Gasteiger partial charge in [-0.3, -0.25) is 0 Å². The summed E-state index contributed by atoms with van der Waals surface area (Å²) in [5.74, 6) is 0. The van der Waals surface area contributed by atoms with Gasteiger partial charge in [-0.25, -0.2) is 0 Å². The Morgan fingerprint density at radius 1 is 0.667 bits per heavy atom. The van der Waals surface area contributed by atoms with Crippen LogP contribution < -0.4 is 0 Å². The minimum atomic E-state index is 1.17. The third-order valence-electron chi connectivity index (χ3n) is 2.90. The summed E-state index contributed by atoms with van der Waals surface area (Å²) in [6.07, 6.45) is 2.33. The fourth-order valence-electron chi connectivity index (χ4n) is 1.17. The van der Waals surface area contributed by atoms with Crippen molar-refractivity contribution in [3.63, 3.8) is 0 Å². The maximum Gasteiger partial charge on any atom is -0.0346 e. The third kappa shape index (κ3) is 2.84. The second-order valence-electron chi connectivity index (χ2n) is 3.52. The minimum Gasteiger partial charge on any atom is -0.0704 e. The van der Waals surface area contributed by atoms with Crippen molar-refractivity contribution in [1.82, 2.24) is 0 Å². The highest BCUT2D eigenvalue weighted by Gasteiger charge is 2.00. The van der Waals surface area contributed by atoms with E-state index in [1.807, 2.05) is 0 Å². The number of hydrogen-bond donors (Lipinski definition) is 0. The van der Waals surface area contributed by atoms with Crippen molar-refractivity contribution < 1.29 is 0 Å². The summed E-state index contributed by atoms with van der Waals surface area (Å²) < 4.78 is 0. The zero-order valence-electron chi connectivity index (χ0n) is 9.41. The van der Waals surface area contributed by atoms with Crippen LogP contribution in [0.5, 0.6) is 0 Å². The second-order valence-corrected chi connectivity index (χ2v) is 3.52. The molecule has 0 aliphatic heterocycles. The van der Waals surface area contributed by atoms with Gasteiger partial charge >= 0.3 is 0 Å². The van der Waals surface area contributed by atoms with E-state index in [-0.39, 0.29) is 0 Å². The third-order valence-corrected chi connectivity index (χ3v) is 2.90. The van der Waals surface area contributed by atoms with E-state index in [9.17, 15) is 0 Å². The van der Waals surface area contributed by atoms with Gasteiger partial charge in [-0.05, 0) is 51.7 Å². The first-order valence-electron chi connectivity index (χ1n) is 4.87. The molecular weight excluding hydrogens is 144 g/mol. The van der Waals surface area contributed by atoms with Gasteiger partial charge < -0.3 is 0 Å². The van der Waals surface area contributed by atoms with Crippen LogP contribution in [-0.2, 0) is 0 Å². The first kappa shape index (κ1) is 11.5. The molecule has 0 heteroatoms. The maximum absolute atomic E-state index is 2.23. The summed E-state index contributed by atoms with van der Waals surface area (Å²) in [4.78, 5) is 0. The van der Waals surface area contributed by atoms with E-state index in [0.717, 1.165) is 0 Å². The lowest BCUT2D eigenvalue weighted by molar-refractivity contribution is 1.01. The summed E-state index contributed by atoms with van der Waals surface area (Å²) in [5.41, 5.74) is 5.99. The Bertz CT molecular complexity index is 180. The van der Waals surface area contributed by atoms with Crippen molar-refractivity contribution in [3.8, 4) is 0 Å². The molecule has 0 aromatic heterocycles. The van der Waals surface area contributed by atoms with Gasteiger partial charge in [-0.1, -0.05) is 25.0 Å². The van der Waals surface area contributed by atoms with Crippen molar-refractivity contribution in [2.75, 3.05) is 0 Å². The van der Waals surface area contributed by atoms with Crippen LogP contribution in [0, 0.1) is 0 Å². The van der Waals surface area contributed by atoms with Crippen LogP contribution in [-0.4, -0.2) is 0 Å². The summed E-state index contributed by atoms with van der Waals surface area (Å²) in [5, 5.41) is 0. The van der Waals surface area contributed by atoms with Gasteiger partial charge in [-0.2, -0.15) is 0 Å². The number of hydrogen-bond acceptors (Lipinski definition) is 0. The molecule has 0 nitrogen and oxygen atoms in total. The zero-order chi connectivity index (χ0) is 9.72. The molecule has 70 valence electrons. The molecule has 0 heterocycles. The average molecular weight is 166 g/mol. The van der Waals surface area contributed by atoms with Crippen molar-refractivity contribution in [2.24, 2.45) is 0 Å². The van der Waals surface area contributed by atoms with Gasteiger partial charge in [-0.15, -0.1) is 0 Å². The molecule has 0 rings (SSSR count). The van der Waals surface area contributed by atoms with Gasteiger partial charge in [0.25, 0.3) is 0 Å². The van der Waals surface area contributed by atoms with Gasteiger partial charge in [0.05, 0.1) is 0 Å². The normalized spacial score (nSPS) is 15.5. The van der Waals surface area contributed by atoms with Crippen molar-refractivity contribution in [1.29, 1.82) is 0 Å². The molecule has 0 unspecified atom stereocenters. The first-order valence-corrected chi connectivity index (χ1v) is 4.87. The van der Waals surface area contributed by atoms with Gasteiger partial charge in [0.2, 0.25) is 0 Å². The van der Waals surface area contributed by atoms with E-state index < -0.39 is 0 Å². The summed E-state index contributed by atoms with van der Waals surface area (Å²) in [7, 11) is 0. The van der Waals surface area contributed by atoms with Gasteiger partial charge in [0.15, 0.2) is 0 Å². The van der Waals surface area contributed by atoms with E-state index in [0.29, 0.717) is 0 Å². The molecule has 0 atom stereocenters. The predicted octanol–water partition coefficient (Wildman–Crippen LogP) is 4.48. The first-order chi connectivity index (χ1) is 5.54. The lowest BCUT2D eigenvalue weighted by Gasteiger charge is -2.09. The molecule has 0 saturated carbocycles. The van der Waals surface area contributed by atoms with Gasteiger partial charge in [0.1, 0.15) is 0 Å². The Balaban J connectivity index is 4.82. The molecule has 0 N–H and O–H groups in total. The molecule has 0 aliphatic rings. The average Bonchev–Trinajstić information content (AvgIpc) is 2.12. The monoisotopic (exact) mass is 166 g/mol. The summed E-state index contributed by atoms with van der Waals surface area (Å²) in [6.45, 7) is 13.3. The fourth-order valence-corrected chi connectivity index (χ4v) is 1.17. The van der Waals surface area contributed by atoms with Crippen molar-refractivity contribution in [2.45, 2.75) is 54.4 Å². The molecule has 0 amide bonds. The Hall–Kier alpha value is -0.520. The quantitative estimate of drug-likeness (QED) is 0.542. The van der Waals surface area contributed by atoms with Crippen LogP contribution in [0.25, 0.3) is 0 Å².